The lowest BCUT2D eigenvalue weighted by atomic mass is 9.79. The van der Waals surface area contributed by atoms with Gasteiger partial charge in [-0.2, -0.15) is 13.6 Å². The third-order valence-corrected chi connectivity index (χ3v) is 7.53. The molecule has 3 aromatic carbocycles. The monoisotopic (exact) mass is 504 g/mol. The van der Waals surface area contributed by atoms with Crippen LogP contribution in [0.1, 0.15) is 47.1 Å². The molecule has 0 unspecified atom stereocenters. The fraction of sp³-hybridized carbons (Fsp3) is 0.310. The van der Waals surface area contributed by atoms with E-state index in [9.17, 15) is 8.42 Å². The summed E-state index contributed by atoms with van der Waals surface area (Å²) in [7, 11) is -2.40. The molecule has 2 aliphatic rings. The molecule has 6 nitrogen and oxygen atoms in total. The molecule has 1 heterocycles. The van der Waals surface area contributed by atoms with E-state index in [-0.39, 0.29) is 5.75 Å². The second-order valence-electron chi connectivity index (χ2n) is 9.47. The van der Waals surface area contributed by atoms with Crippen molar-refractivity contribution in [3.8, 4) is 11.5 Å². The van der Waals surface area contributed by atoms with Gasteiger partial charge in [-0.05, 0) is 108 Å². The van der Waals surface area contributed by atoms with Crippen molar-refractivity contribution in [2.45, 2.75) is 32.1 Å². The number of nitrogens with two attached hydrogens (primary N) is 1. The second kappa shape index (κ2) is 10.5. The summed E-state index contributed by atoms with van der Waals surface area (Å²) in [4.78, 5) is 2.54. The van der Waals surface area contributed by atoms with Crippen LogP contribution in [0.3, 0.4) is 0 Å². The van der Waals surface area contributed by atoms with Crippen LogP contribution in [0, 0.1) is 0 Å². The summed E-state index contributed by atoms with van der Waals surface area (Å²) in [5.74, 6) is 1.06. The Balaban J connectivity index is 1.52. The summed E-state index contributed by atoms with van der Waals surface area (Å²) in [6.45, 7) is 3.53. The molecule has 3 aromatic rings. The minimum absolute atomic E-state index is 0.237. The van der Waals surface area contributed by atoms with Gasteiger partial charge in [-0.25, -0.2) is 0 Å². The Morgan fingerprint density at radius 3 is 2.19 bits per heavy atom. The number of likely N-dealkylation sites (tertiary alicyclic amines) is 1. The van der Waals surface area contributed by atoms with Gasteiger partial charge in [-0.1, -0.05) is 42.5 Å². The highest BCUT2D eigenvalue weighted by atomic mass is 32.2. The first-order valence-electron chi connectivity index (χ1n) is 12.4. The van der Waals surface area contributed by atoms with Gasteiger partial charge in [0.25, 0.3) is 0 Å². The highest BCUT2D eigenvalue weighted by molar-refractivity contribution is 7.84. The average Bonchev–Trinajstić information content (AvgIpc) is 3.40. The van der Waals surface area contributed by atoms with E-state index < -0.39 is 10.3 Å². The van der Waals surface area contributed by atoms with Gasteiger partial charge in [0.1, 0.15) is 11.5 Å². The van der Waals surface area contributed by atoms with Gasteiger partial charge in [0.2, 0.25) is 0 Å². The van der Waals surface area contributed by atoms with E-state index in [1.165, 1.54) is 37.1 Å². The van der Waals surface area contributed by atoms with Crippen molar-refractivity contribution in [1.82, 2.24) is 4.90 Å². The Morgan fingerprint density at radius 1 is 0.861 bits per heavy atom. The Labute approximate surface area is 213 Å². The summed E-state index contributed by atoms with van der Waals surface area (Å²) in [6.07, 6.45) is 5.27. The number of allylic oxidation sites excluding steroid dienone is 1. The van der Waals surface area contributed by atoms with Crippen LogP contribution < -0.4 is 14.1 Å². The molecule has 1 fully saturated rings. The first-order chi connectivity index (χ1) is 17.4. The van der Waals surface area contributed by atoms with Crippen molar-refractivity contribution >= 4 is 21.5 Å². The predicted octanol–water partition coefficient (Wildman–Crippen LogP) is 4.82. The van der Waals surface area contributed by atoms with Crippen LogP contribution in [0.5, 0.6) is 11.5 Å². The summed E-state index contributed by atoms with van der Waals surface area (Å²) in [6, 6.07) is 22.5. The molecule has 1 aliphatic carbocycles. The lowest BCUT2D eigenvalue weighted by Crippen LogP contribution is -2.21. The van der Waals surface area contributed by atoms with Crippen LogP contribution in [0.4, 0.5) is 0 Å². The van der Waals surface area contributed by atoms with Crippen molar-refractivity contribution in [2.75, 3.05) is 26.7 Å². The number of nitrogens with zero attached hydrogens (tertiary/aromatic N) is 1. The smallest absolute Gasteiger partial charge is 0.380 e. The number of hydrogen-bond acceptors (Lipinski definition) is 5. The summed E-state index contributed by atoms with van der Waals surface area (Å²) in [5.41, 5.74) is 8.18. The maximum absolute atomic E-state index is 11.4. The Bertz CT molecular complexity index is 1360. The fourth-order valence-electron chi connectivity index (χ4n) is 5.30. The first-order valence-corrected chi connectivity index (χ1v) is 13.9. The number of hydrogen-bond donors (Lipinski definition) is 1. The van der Waals surface area contributed by atoms with Crippen molar-refractivity contribution < 1.29 is 17.3 Å². The topological polar surface area (TPSA) is 81.9 Å². The van der Waals surface area contributed by atoms with Gasteiger partial charge in [-0.3, -0.25) is 0 Å². The van der Waals surface area contributed by atoms with Crippen LogP contribution in [-0.2, 0) is 23.1 Å². The molecule has 36 heavy (non-hydrogen) atoms. The van der Waals surface area contributed by atoms with Gasteiger partial charge in [0.15, 0.2) is 0 Å². The first kappa shape index (κ1) is 24.6. The molecular formula is C29H32N2O4S. The largest absolute Gasteiger partial charge is 0.497 e. The van der Waals surface area contributed by atoms with E-state index in [0.29, 0.717) is 0 Å². The Hall–Kier alpha value is -3.13. The van der Waals surface area contributed by atoms with Crippen LogP contribution in [-0.4, -0.2) is 40.1 Å². The van der Waals surface area contributed by atoms with E-state index in [1.54, 1.807) is 19.2 Å². The quantitative estimate of drug-likeness (QED) is 0.476. The van der Waals surface area contributed by atoms with Gasteiger partial charge in [-0.15, -0.1) is 0 Å². The number of aryl methyl sites for hydroxylation is 1. The lowest BCUT2D eigenvalue weighted by molar-refractivity contribution is 0.343. The van der Waals surface area contributed by atoms with Crippen molar-refractivity contribution in [1.29, 1.82) is 0 Å². The van der Waals surface area contributed by atoms with Gasteiger partial charge >= 0.3 is 10.3 Å². The molecule has 5 rings (SSSR count). The number of fused-ring (bicyclic) bond motifs is 1. The normalized spacial score (nSPS) is 16.2. The Kier molecular flexibility index (Phi) is 7.14. The number of methoxy groups -OCH3 is 1. The van der Waals surface area contributed by atoms with Gasteiger partial charge in [0.05, 0.1) is 7.11 Å². The number of benzene rings is 3. The molecule has 1 saturated heterocycles. The standard InChI is InChI=1S/C29H32N2O4S/c1-34-25-11-8-22(9-12-25)27-14-10-24-20-26(35-36(30,32)33)13-15-28(24)29(27)23-6-4-21(5-7-23)16-19-31-17-2-3-18-31/h4-9,11-13,15,20H,2-3,10,14,16-19H2,1H3,(H2,30,32,33). The highest BCUT2D eigenvalue weighted by Crippen LogP contribution is 2.42. The highest BCUT2D eigenvalue weighted by Gasteiger charge is 2.23. The molecule has 0 radical (unpaired) electrons. The molecule has 0 spiro atoms. The molecule has 7 heteroatoms. The number of rotatable bonds is 8. The maximum atomic E-state index is 11.4. The minimum Gasteiger partial charge on any atom is -0.497 e. The molecule has 2 N–H and O–H groups in total. The van der Waals surface area contributed by atoms with Crippen molar-refractivity contribution in [2.24, 2.45) is 5.14 Å². The lowest BCUT2D eigenvalue weighted by Gasteiger charge is -2.25. The van der Waals surface area contributed by atoms with E-state index >= 15 is 0 Å². The average molecular weight is 505 g/mol. The molecule has 1 aliphatic heterocycles. The zero-order valence-corrected chi connectivity index (χ0v) is 21.4. The SMILES string of the molecule is COc1ccc(C2=C(c3ccc(CCN4CCCC4)cc3)c3ccc(OS(N)(=O)=O)cc3CC2)cc1. The molecule has 0 bridgehead atoms. The summed E-state index contributed by atoms with van der Waals surface area (Å²) in [5, 5.41) is 5.09. The molecule has 0 atom stereocenters. The summed E-state index contributed by atoms with van der Waals surface area (Å²) >= 11 is 0. The molecule has 0 amide bonds. The van der Waals surface area contributed by atoms with Crippen molar-refractivity contribution in [3.05, 3.63) is 94.5 Å². The third kappa shape index (κ3) is 5.64. The van der Waals surface area contributed by atoms with E-state index in [1.807, 2.05) is 18.2 Å². The fourth-order valence-corrected chi connectivity index (χ4v) is 5.67. The van der Waals surface area contributed by atoms with Crippen LogP contribution in [0.25, 0.3) is 11.1 Å². The van der Waals surface area contributed by atoms with E-state index in [2.05, 4.69) is 41.3 Å². The summed E-state index contributed by atoms with van der Waals surface area (Å²) < 4.78 is 33.2. The van der Waals surface area contributed by atoms with Crippen LogP contribution in [0.15, 0.2) is 66.7 Å². The molecular weight excluding hydrogens is 472 g/mol. The van der Waals surface area contributed by atoms with Gasteiger partial charge in [0, 0.05) is 6.54 Å². The Morgan fingerprint density at radius 2 is 1.53 bits per heavy atom. The zero-order chi connectivity index (χ0) is 25.1. The van der Waals surface area contributed by atoms with Crippen LogP contribution in [0.2, 0.25) is 0 Å². The zero-order valence-electron chi connectivity index (χ0n) is 20.6. The van der Waals surface area contributed by atoms with E-state index in [0.717, 1.165) is 59.4 Å². The van der Waals surface area contributed by atoms with Crippen LogP contribution >= 0.6 is 0 Å². The molecule has 0 saturated carbocycles. The van der Waals surface area contributed by atoms with Crippen molar-refractivity contribution in [3.63, 3.8) is 0 Å². The number of ether oxygens (including phenoxy) is 1. The second-order valence-corrected chi connectivity index (χ2v) is 10.6. The third-order valence-electron chi connectivity index (χ3n) is 7.10. The molecule has 188 valence electrons. The maximum Gasteiger partial charge on any atom is 0.380 e. The van der Waals surface area contributed by atoms with E-state index in [4.69, 9.17) is 14.1 Å². The van der Waals surface area contributed by atoms with Gasteiger partial charge < -0.3 is 13.8 Å². The predicted molar refractivity (Wildman–Crippen MR) is 143 cm³/mol. The minimum atomic E-state index is -4.07. The molecule has 0 aromatic heterocycles.